The predicted molar refractivity (Wildman–Crippen MR) is 64.3 cm³/mol. The van der Waals surface area contributed by atoms with E-state index in [-0.39, 0.29) is 6.10 Å². The summed E-state index contributed by atoms with van der Waals surface area (Å²) < 4.78 is 11.2. The first kappa shape index (κ1) is 11.4. The van der Waals surface area contributed by atoms with Crippen molar-refractivity contribution in [2.75, 3.05) is 6.54 Å². The van der Waals surface area contributed by atoms with Gasteiger partial charge in [-0.2, -0.15) is 0 Å². The Labute approximate surface area is 98.8 Å². The molecular weight excluding hydrogens is 222 g/mol. The monoisotopic (exact) mass is 237 g/mol. The maximum Gasteiger partial charge on any atom is 0.134 e. The quantitative estimate of drug-likeness (QED) is 0.869. The van der Waals surface area contributed by atoms with Crippen LogP contribution in [0.15, 0.2) is 34.1 Å². The molecule has 2 N–H and O–H groups in total. The van der Waals surface area contributed by atoms with Crippen LogP contribution in [0.5, 0.6) is 0 Å². The normalized spacial score (nSPS) is 12.9. The van der Waals surface area contributed by atoms with Gasteiger partial charge in [0.25, 0.3) is 0 Å². The van der Waals surface area contributed by atoms with Gasteiger partial charge >= 0.3 is 0 Å². The van der Waals surface area contributed by atoms with E-state index in [1.165, 1.54) is 4.88 Å². The van der Waals surface area contributed by atoms with E-state index < -0.39 is 0 Å². The van der Waals surface area contributed by atoms with Crippen LogP contribution in [-0.2, 0) is 11.3 Å². The lowest BCUT2D eigenvalue weighted by atomic mass is 10.3. The molecule has 0 aromatic carbocycles. The molecule has 2 aromatic rings. The van der Waals surface area contributed by atoms with Gasteiger partial charge in [-0.1, -0.05) is 6.07 Å². The molecule has 3 nitrogen and oxygen atoms in total. The average molecular weight is 237 g/mol. The van der Waals surface area contributed by atoms with Gasteiger partial charge in [-0.25, -0.2) is 0 Å². The molecule has 1 unspecified atom stereocenters. The lowest BCUT2D eigenvalue weighted by molar-refractivity contribution is 0.0324. The van der Waals surface area contributed by atoms with Crippen LogP contribution >= 0.6 is 11.3 Å². The summed E-state index contributed by atoms with van der Waals surface area (Å²) in [5, 5.41) is 2.03. The molecule has 0 radical (unpaired) electrons. The van der Waals surface area contributed by atoms with E-state index >= 15 is 0 Å². The summed E-state index contributed by atoms with van der Waals surface area (Å²) in [5.41, 5.74) is 5.67. The summed E-state index contributed by atoms with van der Waals surface area (Å²) in [5.74, 6) is 1.68. The number of nitrogens with two attached hydrogens (primary N) is 1. The molecule has 0 saturated carbocycles. The summed E-state index contributed by atoms with van der Waals surface area (Å²) in [7, 11) is 0. The Kier molecular flexibility index (Phi) is 3.77. The minimum Gasteiger partial charge on any atom is -0.464 e. The van der Waals surface area contributed by atoms with Crippen molar-refractivity contribution in [3.05, 3.63) is 46.0 Å². The van der Waals surface area contributed by atoms with Crippen LogP contribution in [0.25, 0.3) is 0 Å². The third-order valence-corrected chi connectivity index (χ3v) is 3.15. The van der Waals surface area contributed by atoms with Gasteiger partial charge in [0.2, 0.25) is 0 Å². The van der Waals surface area contributed by atoms with E-state index in [0.717, 1.165) is 11.5 Å². The van der Waals surface area contributed by atoms with Gasteiger partial charge in [-0.05, 0) is 30.5 Å². The first-order valence-electron chi connectivity index (χ1n) is 5.20. The number of furan rings is 1. The van der Waals surface area contributed by atoms with Crippen molar-refractivity contribution in [3.63, 3.8) is 0 Å². The Morgan fingerprint density at radius 3 is 2.88 bits per heavy atom. The van der Waals surface area contributed by atoms with Crippen LogP contribution < -0.4 is 5.73 Å². The molecule has 16 heavy (non-hydrogen) atoms. The smallest absolute Gasteiger partial charge is 0.134 e. The minimum absolute atomic E-state index is 0.157. The molecule has 0 aliphatic heterocycles. The fourth-order valence-electron chi connectivity index (χ4n) is 1.47. The molecule has 2 heterocycles. The molecule has 86 valence electrons. The summed E-state index contributed by atoms with van der Waals surface area (Å²) in [6.45, 7) is 2.92. The molecule has 0 bridgehead atoms. The van der Waals surface area contributed by atoms with Crippen LogP contribution in [0.4, 0.5) is 0 Å². The first-order valence-corrected chi connectivity index (χ1v) is 6.08. The number of aryl methyl sites for hydroxylation is 1. The molecule has 4 heteroatoms. The second-order valence-electron chi connectivity index (χ2n) is 3.56. The zero-order chi connectivity index (χ0) is 11.4. The zero-order valence-electron chi connectivity index (χ0n) is 9.18. The highest BCUT2D eigenvalue weighted by Gasteiger charge is 2.14. The van der Waals surface area contributed by atoms with Crippen LogP contribution in [-0.4, -0.2) is 6.54 Å². The first-order chi connectivity index (χ1) is 7.79. The van der Waals surface area contributed by atoms with E-state index in [2.05, 4.69) is 0 Å². The topological polar surface area (TPSA) is 48.4 Å². The molecule has 0 aliphatic rings. The number of thiophene rings is 1. The molecule has 0 fully saturated rings. The van der Waals surface area contributed by atoms with E-state index in [1.807, 2.05) is 36.6 Å². The maximum atomic E-state index is 5.73. The highest BCUT2D eigenvalue weighted by molar-refractivity contribution is 7.09. The average Bonchev–Trinajstić information content (AvgIpc) is 2.91. The molecule has 0 amide bonds. The zero-order valence-corrected chi connectivity index (χ0v) is 10.00. The van der Waals surface area contributed by atoms with Gasteiger partial charge in [0.1, 0.15) is 17.6 Å². The van der Waals surface area contributed by atoms with E-state index in [0.29, 0.717) is 13.2 Å². The van der Waals surface area contributed by atoms with Gasteiger partial charge in [-0.3, -0.25) is 0 Å². The Bertz CT molecular complexity index is 422. The van der Waals surface area contributed by atoms with Gasteiger partial charge in [-0.15, -0.1) is 11.3 Å². The van der Waals surface area contributed by atoms with Gasteiger partial charge in [0.05, 0.1) is 6.61 Å². The molecule has 2 aromatic heterocycles. The number of hydrogen-bond donors (Lipinski definition) is 1. The Hall–Kier alpha value is -1.10. The van der Waals surface area contributed by atoms with Crippen LogP contribution in [0.2, 0.25) is 0 Å². The van der Waals surface area contributed by atoms with E-state index in [4.69, 9.17) is 14.9 Å². The second-order valence-corrected chi connectivity index (χ2v) is 4.60. The summed E-state index contributed by atoms with van der Waals surface area (Å²) in [6.07, 6.45) is -0.157. The number of rotatable bonds is 5. The minimum atomic E-state index is -0.157. The van der Waals surface area contributed by atoms with Gasteiger partial charge in [0, 0.05) is 11.4 Å². The third kappa shape index (κ3) is 2.72. The largest absolute Gasteiger partial charge is 0.464 e. The highest BCUT2D eigenvalue weighted by atomic mass is 32.1. The Morgan fingerprint density at radius 1 is 1.44 bits per heavy atom. The molecular formula is C12H15NO2S. The number of hydrogen-bond acceptors (Lipinski definition) is 4. The van der Waals surface area contributed by atoms with Gasteiger partial charge < -0.3 is 14.9 Å². The standard InChI is InChI=1S/C12H15NO2S/c1-9-4-5-11(15-9)12(7-13)14-8-10-3-2-6-16-10/h2-6,12H,7-8,13H2,1H3. The van der Waals surface area contributed by atoms with Crippen molar-refractivity contribution in [1.29, 1.82) is 0 Å². The lowest BCUT2D eigenvalue weighted by Crippen LogP contribution is -2.15. The third-order valence-electron chi connectivity index (χ3n) is 2.30. The van der Waals surface area contributed by atoms with Gasteiger partial charge in [0.15, 0.2) is 0 Å². The molecule has 0 spiro atoms. The summed E-state index contributed by atoms with van der Waals surface area (Å²) in [4.78, 5) is 1.20. The van der Waals surface area contributed by atoms with E-state index in [1.54, 1.807) is 11.3 Å². The van der Waals surface area contributed by atoms with Crippen molar-refractivity contribution in [2.45, 2.75) is 19.6 Å². The Balaban J connectivity index is 1.96. The summed E-state index contributed by atoms with van der Waals surface area (Å²) in [6, 6.07) is 7.90. The molecule has 1 atom stereocenters. The molecule has 2 rings (SSSR count). The molecule has 0 aliphatic carbocycles. The van der Waals surface area contributed by atoms with Crippen molar-refractivity contribution < 1.29 is 9.15 Å². The SMILES string of the molecule is Cc1ccc(C(CN)OCc2cccs2)o1. The van der Waals surface area contributed by atoms with Crippen molar-refractivity contribution in [1.82, 2.24) is 0 Å². The fourth-order valence-corrected chi connectivity index (χ4v) is 2.10. The second kappa shape index (κ2) is 5.30. The maximum absolute atomic E-state index is 5.73. The lowest BCUT2D eigenvalue weighted by Gasteiger charge is -2.12. The van der Waals surface area contributed by atoms with E-state index in [9.17, 15) is 0 Å². The highest BCUT2D eigenvalue weighted by Crippen LogP contribution is 2.21. The fraction of sp³-hybridized carbons (Fsp3) is 0.333. The predicted octanol–water partition coefficient (Wildman–Crippen LogP) is 2.87. The summed E-state index contributed by atoms with van der Waals surface area (Å²) >= 11 is 1.68. The Morgan fingerprint density at radius 2 is 2.31 bits per heavy atom. The number of ether oxygens (including phenoxy) is 1. The molecule has 0 saturated heterocycles. The van der Waals surface area contributed by atoms with Crippen LogP contribution in [0, 0.1) is 6.92 Å². The van der Waals surface area contributed by atoms with Crippen LogP contribution in [0.3, 0.4) is 0 Å². The van der Waals surface area contributed by atoms with Crippen LogP contribution in [0.1, 0.15) is 22.5 Å². The van der Waals surface area contributed by atoms with Crippen molar-refractivity contribution in [2.24, 2.45) is 5.73 Å². The van der Waals surface area contributed by atoms with Crippen molar-refractivity contribution in [3.8, 4) is 0 Å². The van der Waals surface area contributed by atoms with Crippen molar-refractivity contribution >= 4 is 11.3 Å².